The molecule has 0 saturated carbocycles. The van der Waals surface area contributed by atoms with Crippen molar-refractivity contribution in [3.8, 4) is 16.9 Å². The summed E-state index contributed by atoms with van der Waals surface area (Å²) in [5.74, 6) is -5.44. The van der Waals surface area contributed by atoms with Crippen LogP contribution in [0.1, 0.15) is 68.7 Å². The summed E-state index contributed by atoms with van der Waals surface area (Å²) in [6, 6.07) is 4.53. The van der Waals surface area contributed by atoms with Crippen LogP contribution in [0, 0.1) is 11.7 Å². The van der Waals surface area contributed by atoms with Gasteiger partial charge in [0.2, 0.25) is 0 Å². The summed E-state index contributed by atoms with van der Waals surface area (Å²) in [4.78, 5) is 14.7. The van der Waals surface area contributed by atoms with E-state index in [2.05, 4.69) is 0 Å². The van der Waals surface area contributed by atoms with Gasteiger partial charge in [0.25, 0.3) is 5.92 Å². The van der Waals surface area contributed by atoms with Gasteiger partial charge in [-0.05, 0) is 72.2 Å². The minimum Gasteiger partial charge on any atom is -0.496 e. The van der Waals surface area contributed by atoms with Gasteiger partial charge in [0.15, 0.2) is 0 Å². The molecule has 0 spiro atoms. The van der Waals surface area contributed by atoms with Crippen molar-refractivity contribution in [2.45, 2.75) is 76.2 Å². The quantitative estimate of drug-likeness (QED) is 0.301. The molecular weight excluding hydrogens is 591 g/mol. The van der Waals surface area contributed by atoms with Gasteiger partial charge in [-0.2, -0.15) is 13.2 Å². The van der Waals surface area contributed by atoms with Crippen LogP contribution in [0.2, 0.25) is 0 Å². The summed E-state index contributed by atoms with van der Waals surface area (Å²) < 4.78 is 110. The first-order chi connectivity index (χ1) is 20.6. The maximum atomic E-state index is 14.8. The number of methoxy groups -OCH3 is 1. The van der Waals surface area contributed by atoms with E-state index in [9.17, 15) is 35.5 Å². The van der Waals surface area contributed by atoms with Crippen LogP contribution in [-0.4, -0.2) is 36.2 Å². The molecule has 0 aromatic heterocycles. The zero-order chi connectivity index (χ0) is 32.1. The highest BCUT2D eigenvalue weighted by molar-refractivity contribution is 5.78. The zero-order valence-electron chi connectivity index (χ0n) is 24.5. The minimum absolute atomic E-state index is 0.0634. The summed E-state index contributed by atoms with van der Waals surface area (Å²) in [7, 11) is 1.33. The van der Waals surface area contributed by atoms with Crippen LogP contribution in [0.5, 0.6) is 5.75 Å². The second kappa shape index (κ2) is 11.6. The number of ether oxygens (including phenoxy) is 2. The molecule has 11 heteroatoms. The van der Waals surface area contributed by atoms with E-state index in [1.165, 1.54) is 30.2 Å². The van der Waals surface area contributed by atoms with Gasteiger partial charge in [0, 0.05) is 30.0 Å². The topological polar surface area (TPSA) is 38.8 Å². The fraction of sp³-hybridized carbons (Fsp3) is 0.424. The summed E-state index contributed by atoms with van der Waals surface area (Å²) in [6.07, 6.45) is -1.10. The third-order valence-corrected chi connectivity index (χ3v) is 8.56. The van der Waals surface area contributed by atoms with E-state index in [4.69, 9.17) is 9.47 Å². The van der Waals surface area contributed by atoms with Crippen LogP contribution in [0.4, 0.5) is 35.5 Å². The number of rotatable bonds is 6. The van der Waals surface area contributed by atoms with Crippen molar-refractivity contribution < 1.29 is 45.0 Å². The molecule has 0 radical (unpaired) electrons. The molecule has 0 bridgehead atoms. The number of fused-ring (bicyclic) bond motifs is 1. The third-order valence-electron chi connectivity index (χ3n) is 8.56. The fourth-order valence-electron chi connectivity index (χ4n) is 6.34. The lowest BCUT2D eigenvalue weighted by Crippen LogP contribution is -2.35. The van der Waals surface area contributed by atoms with Crippen molar-refractivity contribution in [1.29, 1.82) is 0 Å². The number of benzene rings is 2. The first-order valence-corrected chi connectivity index (χ1v) is 14.3. The first-order valence-electron chi connectivity index (χ1n) is 14.3. The highest BCUT2D eigenvalue weighted by Crippen LogP contribution is 2.49. The van der Waals surface area contributed by atoms with Crippen LogP contribution in [0.3, 0.4) is 0 Å². The third kappa shape index (κ3) is 5.97. The smallest absolute Gasteiger partial charge is 0.416 e. The normalized spacial score (nSPS) is 27.2. The largest absolute Gasteiger partial charge is 0.496 e. The van der Waals surface area contributed by atoms with E-state index in [0.717, 1.165) is 30.4 Å². The Hall–Kier alpha value is -3.76. The molecule has 4 nitrogen and oxygen atoms in total. The Labute approximate surface area is 250 Å². The van der Waals surface area contributed by atoms with Gasteiger partial charge in [-0.15, -0.1) is 0 Å². The molecule has 4 atom stereocenters. The molecule has 2 aromatic carbocycles. The molecule has 0 N–H and O–H groups in total. The van der Waals surface area contributed by atoms with Crippen molar-refractivity contribution >= 4 is 6.09 Å². The number of nitrogens with zero attached hydrogens (tertiary/aromatic N) is 1. The number of allylic oxidation sites excluding steroid dienone is 5. The summed E-state index contributed by atoms with van der Waals surface area (Å²) in [5.41, 5.74) is -0.207. The van der Waals surface area contributed by atoms with Crippen molar-refractivity contribution in [2.24, 2.45) is 5.92 Å². The number of alkyl halides is 5. The van der Waals surface area contributed by atoms with E-state index < -0.39 is 65.1 Å². The Kier molecular flexibility index (Phi) is 8.37. The van der Waals surface area contributed by atoms with Gasteiger partial charge >= 0.3 is 12.3 Å². The van der Waals surface area contributed by atoms with Crippen LogP contribution in [0.25, 0.3) is 11.1 Å². The minimum atomic E-state index is -4.68. The van der Waals surface area contributed by atoms with Gasteiger partial charge in [0.05, 0.1) is 24.8 Å². The van der Waals surface area contributed by atoms with E-state index in [-0.39, 0.29) is 30.1 Å². The van der Waals surface area contributed by atoms with Crippen molar-refractivity contribution in [1.82, 2.24) is 4.90 Å². The fourth-order valence-corrected chi connectivity index (χ4v) is 6.34. The molecule has 236 valence electrons. The predicted molar refractivity (Wildman–Crippen MR) is 150 cm³/mol. The number of carbonyl (C=O) groups is 1. The average molecular weight is 624 g/mol. The SMILES string of the molecule is COc1cc(F)c(C(C)C)cc1-c1ccc(C(F)(F)F)cc1[C@@H]1CCC2[C@@H](C3/C=C/C(C(C)(F)F)=C\C(F)=C/C3)OC(=O)N21. The second-order valence-electron chi connectivity index (χ2n) is 11.8. The van der Waals surface area contributed by atoms with Gasteiger partial charge in [-0.3, -0.25) is 4.90 Å². The van der Waals surface area contributed by atoms with Crippen molar-refractivity contribution in [3.63, 3.8) is 0 Å². The van der Waals surface area contributed by atoms with Crippen LogP contribution in [-0.2, 0) is 10.9 Å². The summed E-state index contributed by atoms with van der Waals surface area (Å²) in [6.45, 7) is 4.23. The van der Waals surface area contributed by atoms with Gasteiger partial charge in [-0.25, -0.2) is 22.4 Å². The Morgan fingerprint density at radius 2 is 1.75 bits per heavy atom. The monoisotopic (exact) mass is 623 g/mol. The van der Waals surface area contributed by atoms with Gasteiger partial charge < -0.3 is 9.47 Å². The first kappa shape index (κ1) is 31.7. The molecular formula is C33H32F7NO3. The number of cyclic esters (lactones) is 1. The number of halogens is 7. The predicted octanol–water partition coefficient (Wildman–Crippen LogP) is 9.68. The Morgan fingerprint density at radius 3 is 2.39 bits per heavy atom. The molecule has 1 aliphatic carbocycles. The number of hydrogen-bond donors (Lipinski definition) is 0. The Bertz CT molecular complexity index is 1540. The molecule has 2 aromatic rings. The van der Waals surface area contributed by atoms with Crippen molar-refractivity contribution in [2.75, 3.05) is 7.11 Å². The molecule has 44 heavy (non-hydrogen) atoms. The number of carbonyl (C=O) groups excluding carboxylic acids is 1. The zero-order valence-corrected chi connectivity index (χ0v) is 24.5. The Morgan fingerprint density at radius 1 is 1.02 bits per heavy atom. The Balaban J connectivity index is 1.57. The van der Waals surface area contributed by atoms with E-state index in [1.807, 2.05) is 0 Å². The second-order valence-corrected chi connectivity index (χ2v) is 11.8. The lowest BCUT2D eigenvalue weighted by atomic mass is 9.89. The summed E-state index contributed by atoms with van der Waals surface area (Å²) >= 11 is 0. The lowest BCUT2D eigenvalue weighted by Gasteiger charge is -2.27. The number of hydrogen-bond acceptors (Lipinski definition) is 3. The molecule has 2 unspecified atom stereocenters. The molecule has 2 fully saturated rings. The van der Waals surface area contributed by atoms with Crippen LogP contribution < -0.4 is 4.74 Å². The molecule has 1 amide bonds. The molecule has 2 aliphatic heterocycles. The van der Waals surface area contributed by atoms with Crippen LogP contribution >= 0.6 is 0 Å². The van der Waals surface area contributed by atoms with E-state index in [1.54, 1.807) is 19.9 Å². The van der Waals surface area contributed by atoms with E-state index >= 15 is 0 Å². The summed E-state index contributed by atoms with van der Waals surface area (Å²) in [5, 5.41) is 0. The van der Waals surface area contributed by atoms with Gasteiger partial charge in [-0.1, -0.05) is 32.1 Å². The highest BCUT2D eigenvalue weighted by Gasteiger charge is 2.52. The maximum Gasteiger partial charge on any atom is 0.416 e. The maximum absolute atomic E-state index is 14.8. The van der Waals surface area contributed by atoms with E-state index in [0.29, 0.717) is 30.0 Å². The number of amides is 1. The standard InChI is InChI=1S/C33H32F7NO3/c1-17(2)23-15-25(29(43-4)16-26(23)35)22-10-8-20(33(38,39)40)14-24(22)27-11-12-28-30(44-31(42)41(27)28)18-5-7-19(32(3,36)37)13-21(34)9-6-18/h5,7-10,13-18,27-28,30H,6,11-12H2,1-4H3/b7-5+,19-13+,21-9+/t18?,27-,28?,30+/m0/s1. The lowest BCUT2D eigenvalue weighted by molar-refractivity contribution is -0.137. The van der Waals surface area contributed by atoms with Crippen molar-refractivity contribution in [3.05, 3.63) is 88.5 Å². The average Bonchev–Trinajstić information content (AvgIpc) is 3.50. The molecule has 2 saturated heterocycles. The molecule has 2 heterocycles. The molecule has 5 rings (SSSR count). The van der Waals surface area contributed by atoms with Gasteiger partial charge in [0.1, 0.15) is 23.5 Å². The van der Waals surface area contributed by atoms with Crippen LogP contribution in [0.15, 0.2) is 66.0 Å². The highest BCUT2D eigenvalue weighted by atomic mass is 19.4. The molecule has 3 aliphatic rings.